The van der Waals surface area contributed by atoms with E-state index >= 15 is 0 Å². The van der Waals surface area contributed by atoms with Crippen molar-refractivity contribution in [3.63, 3.8) is 0 Å². The fourth-order valence-corrected chi connectivity index (χ4v) is 2.39. The molecule has 4 nitrogen and oxygen atoms in total. The minimum atomic E-state index is -2.21. The van der Waals surface area contributed by atoms with Gasteiger partial charge in [0.2, 0.25) is 5.60 Å². The molecule has 0 spiro atoms. The number of carbonyl (C=O) groups excluding carboxylic acids is 1. The Bertz CT molecular complexity index is 649. The molecule has 0 aliphatic rings. The monoisotopic (exact) mass is 358 g/mol. The van der Waals surface area contributed by atoms with E-state index in [0.717, 1.165) is 24.8 Å². The van der Waals surface area contributed by atoms with Crippen LogP contribution in [0.3, 0.4) is 0 Å². The number of ether oxygens (including phenoxy) is 1. The third-order valence-corrected chi connectivity index (χ3v) is 4.21. The summed E-state index contributed by atoms with van der Waals surface area (Å²) in [5, 5.41) is 20.9. The predicted octanol–water partition coefficient (Wildman–Crippen LogP) is 3.67. The van der Waals surface area contributed by atoms with Crippen LogP contribution in [0.15, 0.2) is 30.3 Å². The number of unbranched alkanes of at least 4 members (excludes halogenated alkanes) is 3. The molecule has 0 aliphatic heterocycles. The first-order valence-corrected chi connectivity index (χ1v) is 9.11. The third-order valence-electron chi connectivity index (χ3n) is 4.21. The summed E-state index contributed by atoms with van der Waals surface area (Å²) in [5.74, 6) is 4.86. The van der Waals surface area contributed by atoms with Crippen LogP contribution in [0.4, 0.5) is 0 Å². The Hall–Kier alpha value is -2.09. The van der Waals surface area contributed by atoms with E-state index in [2.05, 4.69) is 37.3 Å². The third kappa shape index (κ3) is 6.33. The quantitative estimate of drug-likeness (QED) is 0.423. The first kappa shape index (κ1) is 22.0. The molecule has 0 radical (unpaired) electrons. The van der Waals surface area contributed by atoms with Crippen LogP contribution in [-0.2, 0) is 9.53 Å². The second-order valence-corrected chi connectivity index (χ2v) is 6.65. The lowest BCUT2D eigenvalue weighted by atomic mass is 9.94. The van der Waals surface area contributed by atoms with Gasteiger partial charge in [0.1, 0.15) is 0 Å². The summed E-state index contributed by atoms with van der Waals surface area (Å²) in [5.41, 5.74) is -0.202. The molecule has 1 aromatic carbocycles. The number of aliphatic hydroxyl groups is 2. The summed E-state index contributed by atoms with van der Waals surface area (Å²) >= 11 is 0. The van der Waals surface area contributed by atoms with Crippen LogP contribution in [-0.4, -0.2) is 35.0 Å². The smallest absolute Gasteiger partial charge is 0.345 e. The number of benzene rings is 1. The molecule has 26 heavy (non-hydrogen) atoms. The van der Waals surface area contributed by atoms with Gasteiger partial charge in [0, 0.05) is 6.42 Å². The number of methoxy groups -OCH3 is 1. The molecule has 0 heterocycles. The van der Waals surface area contributed by atoms with Crippen molar-refractivity contribution in [2.45, 2.75) is 64.1 Å². The van der Waals surface area contributed by atoms with E-state index in [1.165, 1.54) is 18.7 Å². The molecular formula is C22H30O4. The van der Waals surface area contributed by atoms with Gasteiger partial charge in [-0.05, 0) is 29.5 Å². The molecule has 0 fully saturated rings. The van der Waals surface area contributed by atoms with Crippen LogP contribution in [0.2, 0.25) is 0 Å². The first-order chi connectivity index (χ1) is 12.3. The molecule has 0 aromatic heterocycles. The van der Waals surface area contributed by atoms with Gasteiger partial charge in [-0.3, -0.25) is 0 Å². The lowest BCUT2D eigenvalue weighted by molar-refractivity contribution is -0.163. The van der Waals surface area contributed by atoms with Gasteiger partial charge in [0.05, 0.1) is 7.11 Å². The standard InChI is InChI=1S/C22H30O4/c1-5-6-7-8-9-10-20(23)22(25,21(24)26-4)16-15-18-11-13-19(14-12-18)17(2)3/h11-17,20,23,25H,5-8H2,1-4H3/b16-15+. The number of aliphatic hydroxyl groups excluding tert-OH is 1. The summed E-state index contributed by atoms with van der Waals surface area (Å²) in [4.78, 5) is 12.0. The van der Waals surface area contributed by atoms with Crippen molar-refractivity contribution in [1.82, 2.24) is 0 Å². The Labute approximate surface area is 156 Å². The molecule has 2 N–H and O–H groups in total. The summed E-state index contributed by atoms with van der Waals surface area (Å²) < 4.78 is 4.65. The molecule has 0 saturated carbocycles. The Morgan fingerprint density at radius 3 is 2.46 bits per heavy atom. The van der Waals surface area contributed by atoms with Crippen LogP contribution >= 0.6 is 0 Å². The van der Waals surface area contributed by atoms with Crippen LogP contribution in [0.5, 0.6) is 0 Å². The van der Waals surface area contributed by atoms with Crippen molar-refractivity contribution in [2.75, 3.05) is 7.11 Å². The summed E-state index contributed by atoms with van der Waals surface area (Å²) in [6.07, 6.45) is 4.95. The molecule has 2 unspecified atom stereocenters. The predicted molar refractivity (Wildman–Crippen MR) is 104 cm³/mol. The summed E-state index contributed by atoms with van der Waals surface area (Å²) in [6, 6.07) is 7.77. The fourth-order valence-electron chi connectivity index (χ4n) is 2.39. The number of hydrogen-bond donors (Lipinski definition) is 2. The van der Waals surface area contributed by atoms with Gasteiger partial charge in [-0.2, -0.15) is 0 Å². The van der Waals surface area contributed by atoms with E-state index in [0.29, 0.717) is 12.3 Å². The number of rotatable bonds is 8. The van der Waals surface area contributed by atoms with Crippen molar-refractivity contribution in [3.05, 3.63) is 41.5 Å². The minimum Gasteiger partial charge on any atom is -0.467 e. The zero-order valence-electron chi connectivity index (χ0n) is 16.2. The average molecular weight is 358 g/mol. The highest BCUT2D eigenvalue weighted by Crippen LogP contribution is 2.19. The molecule has 2 atom stereocenters. The van der Waals surface area contributed by atoms with Crippen molar-refractivity contribution in [2.24, 2.45) is 0 Å². The van der Waals surface area contributed by atoms with Gasteiger partial charge in [-0.25, -0.2) is 4.79 Å². The lowest BCUT2D eigenvalue weighted by Crippen LogP contribution is -2.48. The molecule has 0 aliphatic carbocycles. The van der Waals surface area contributed by atoms with E-state index in [4.69, 9.17) is 0 Å². The zero-order chi connectivity index (χ0) is 19.6. The molecule has 4 heteroatoms. The van der Waals surface area contributed by atoms with Gasteiger partial charge < -0.3 is 14.9 Å². The van der Waals surface area contributed by atoms with E-state index in [-0.39, 0.29) is 0 Å². The fraction of sp³-hybridized carbons (Fsp3) is 0.500. The topological polar surface area (TPSA) is 66.8 Å². The van der Waals surface area contributed by atoms with Gasteiger partial charge in [0.25, 0.3) is 0 Å². The molecular weight excluding hydrogens is 328 g/mol. The maximum atomic E-state index is 12.0. The van der Waals surface area contributed by atoms with E-state index in [1.807, 2.05) is 24.3 Å². The van der Waals surface area contributed by atoms with Gasteiger partial charge in [-0.1, -0.05) is 69.9 Å². The normalized spacial score (nSPS) is 14.6. The van der Waals surface area contributed by atoms with Gasteiger partial charge in [-0.15, -0.1) is 5.92 Å². The molecule has 1 rings (SSSR count). The maximum Gasteiger partial charge on any atom is 0.345 e. The highest BCUT2D eigenvalue weighted by atomic mass is 16.5. The number of esters is 1. The van der Waals surface area contributed by atoms with Crippen molar-refractivity contribution in [3.8, 4) is 11.8 Å². The lowest BCUT2D eigenvalue weighted by Gasteiger charge is -2.23. The van der Waals surface area contributed by atoms with Crippen molar-refractivity contribution < 1.29 is 19.7 Å². The van der Waals surface area contributed by atoms with Crippen LogP contribution in [0, 0.1) is 11.8 Å². The van der Waals surface area contributed by atoms with E-state index in [1.54, 1.807) is 6.08 Å². The molecule has 0 bridgehead atoms. The zero-order valence-corrected chi connectivity index (χ0v) is 16.2. The Balaban J connectivity index is 2.95. The largest absolute Gasteiger partial charge is 0.467 e. The summed E-state index contributed by atoms with van der Waals surface area (Å²) in [7, 11) is 1.17. The number of carbonyl (C=O) groups is 1. The minimum absolute atomic E-state index is 0.421. The van der Waals surface area contributed by atoms with Crippen molar-refractivity contribution in [1.29, 1.82) is 0 Å². The van der Waals surface area contributed by atoms with Crippen LogP contribution in [0.25, 0.3) is 6.08 Å². The Kier molecular flexibility index (Phi) is 9.12. The Morgan fingerprint density at radius 2 is 1.92 bits per heavy atom. The van der Waals surface area contributed by atoms with Gasteiger partial charge in [0.15, 0.2) is 6.10 Å². The van der Waals surface area contributed by atoms with E-state index in [9.17, 15) is 15.0 Å². The SMILES string of the molecule is CCCCCC#CC(O)C(O)(/C=C/c1ccc(C(C)C)cc1)C(=O)OC. The van der Waals surface area contributed by atoms with Gasteiger partial charge >= 0.3 is 5.97 Å². The molecule has 142 valence electrons. The average Bonchev–Trinajstić information content (AvgIpc) is 2.65. The second kappa shape index (κ2) is 10.8. The number of hydrogen-bond acceptors (Lipinski definition) is 4. The molecule has 1 aromatic rings. The molecule has 0 saturated heterocycles. The second-order valence-electron chi connectivity index (χ2n) is 6.65. The maximum absolute atomic E-state index is 12.0. The van der Waals surface area contributed by atoms with Crippen LogP contribution < -0.4 is 0 Å². The van der Waals surface area contributed by atoms with Crippen LogP contribution in [0.1, 0.15) is 63.5 Å². The summed E-state index contributed by atoms with van der Waals surface area (Å²) in [6.45, 7) is 6.31. The van der Waals surface area contributed by atoms with E-state index < -0.39 is 17.7 Å². The first-order valence-electron chi connectivity index (χ1n) is 9.11. The highest BCUT2D eigenvalue weighted by molar-refractivity contribution is 5.84. The molecule has 0 amide bonds. The highest BCUT2D eigenvalue weighted by Gasteiger charge is 2.41. The van der Waals surface area contributed by atoms with Crippen molar-refractivity contribution >= 4 is 12.0 Å². The Morgan fingerprint density at radius 1 is 1.27 bits per heavy atom.